The summed E-state index contributed by atoms with van der Waals surface area (Å²) in [6.45, 7) is 2.11. The van der Waals surface area contributed by atoms with Crippen LogP contribution in [0.4, 0.5) is 4.79 Å². The summed E-state index contributed by atoms with van der Waals surface area (Å²) in [7, 11) is 1.75. The van der Waals surface area contributed by atoms with Crippen molar-refractivity contribution in [2.45, 2.75) is 6.42 Å². The van der Waals surface area contributed by atoms with E-state index in [2.05, 4.69) is 11.4 Å². The zero-order valence-corrected chi connectivity index (χ0v) is 15.5. The molecule has 1 heterocycles. The topological polar surface area (TPSA) is 50.8 Å². The lowest BCUT2D eigenvalue weighted by Gasteiger charge is -2.26. The zero-order valence-electron chi connectivity index (χ0n) is 14.8. The van der Waals surface area contributed by atoms with Crippen molar-refractivity contribution in [3.05, 3.63) is 59.1 Å². The smallest absolute Gasteiger partial charge is 0.317 e. The third kappa shape index (κ3) is 5.05. The highest BCUT2D eigenvalue weighted by atomic mass is 35.5. The lowest BCUT2D eigenvalue weighted by atomic mass is 9.97. The molecule has 0 aromatic heterocycles. The Morgan fingerprint density at radius 2 is 2.15 bits per heavy atom. The predicted molar refractivity (Wildman–Crippen MR) is 102 cm³/mol. The van der Waals surface area contributed by atoms with Crippen LogP contribution in [0.3, 0.4) is 0 Å². The van der Waals surface area contributed by atoms with Gasteiger partial charge in [-0.2, -0.15) is 0 Å². The van der Waals surface area contributed by atoms with Crippen LogP contribution in [-0.2, 0) is 6.42 Å². The standard InChI is InChI=1S/C20H23ClN2O3/c1-23(9-10-25-18-7-4-6-17(21)12-18)20(24)22-13-15-11-16-5-2-3-8-19(16)26-14-15/h2-8,12,15H,9-11,13-14H2,1H3,(H,22,24). The third-order valence-corrected chi connectivity index (χ3v) is 4.57. The fourth-order valence-corrected chi connectivity index (χ4v) is 3.03. The average molecular weight is 375 g/mol. The van der Waals surface area contributed by atoms with Gasteiger partial charge >= 0.3 is 6.03 Å². The van der Waals surface area contributed by atoms with E-state index in [1.54, 1.807) is 24.1 Å². The number of halogens is 1. The van der Waals surface area contributed by atoms with Gasteiger partial charge in [0.2, 0.25) is 0 Å². The Morgan fingerprint density at radius 3 is 3.00 bits per heavy atom. The van der Waals surface area contributed by atoms with Gasteiger partial charge in [-0.1, -0.05) is 35.9 Å². The van der Waals surface area contributed by atoms with Crippen molar-refractivity contribution in [3.63, 3.8) is 0 Å². The van der Waals surface area contributed by atoms with Crippen LogP contribution < -0.4 is 14.8 Å². The molecule has 138 valence electrons. The minimum Gasteiger partial charge on any atom is -0.493 e. The van der Waals surface area contributed by atoms with Crippen molar-refractivity contribution < 1.29 is 14.3 Å². The number of carbonyl (C=O) groups is 1. The lowest BCUT2D eigenvalue weighted by Crippen LogP contribution is -2.43. The fourth-order valence-electron chi connectivity index (χ4n) is 2.85. The molecule has 0 bridgehead atoms. The van der Waals surface area contributed by atoms with Crippen LogP contribution >= 0.6 is 11.6 Å². The Bertz CT molecular complexity index is 753. The summed E-state index contributed by atoms with van der Waals surface area (Å²) in [5.74, 6) is 1.93. The minimum atomic E-state index is -0.112. The Morgan fingerprint density at radius 1 is 1.31 bits per heavy atom. The number of rotatable bonds is 6. The molecule has 0 radical (unpaired) electrons. The fraction of sp³-hybridized carbons (Fsp3) is 0.350. The number of nitrogens with zero attached hydrogens (tertiary/aromatic N) is 1. The number of likely N-dealkylation sites (N-methyl/N-ethyl adjacent to an activating group) is 1. The molecule has 6 heteroatoms. The summed E-state index contributed by atoms with van der Waals surface area (Å²) in [6.07, 6.45) is 0.915. The molecule has 3 rings (SSSR count). The molecule has 0 fully saturated rings. The first kappa shape index (κ1) is 18.4. The number of urea groups is 1. The normalized spacial score (nSPS) is 15.5. The first-order valence-electron chi connectivity index (χ1n) is 8.70. The number of benzene rings is 2. The van der Waals surface area contributed by atoms with Crippen molar-refractivity contribution >= 4 is 17.6 Å². The molecular weight excluding hydrogens is 352 g/mol. The van der Waals surface area contributed by atoms with E-state index < -0.39 is 0 Å². The van der Waals surface area contributed by atoms with Gasteiger partial charge in [-0.15, -0.1) is 0 Å². The Kier molecular flexibility index (Phi) is 6.23. The monoisotopic (exact) mass is 374 g/mol. The SMILES string of the molecule is CN(CCOc1cccc(Cl)c1)C(=O)NCC1COc2ccccc2C1. The van der Waals surface area contributed by atoms with Crippen LogP contribution in [0.2, 0.25) is 5.02 Å². The highest BCUT2D eigenvalue weighted by molar-refractivity contribution is 6.30. The maximum absolute atomic E-state index is 12.2. The second-order valence-corrected chi connectivity index (χ2v) is 6.84. The van der Waals surface area contributed by atoms with Crippen molar-refractivity contribution in [1.29, 1.82) is 0 Å². The molecule has 0 saturated carbocycles. The van der Waals surface area contributed by atoms with Crippen molar-refractivity contribution in [1.82, 2.24) is 10.2 Å². The number of hydrogen-bond acceptors (Lipinski definition) is 3. The van der Waals surface area contributed by atoms with Crippen molar-refractivity contribution in [2.75, 3.05) is 33.4 Å². The lowest BCUT2D eigenvalue weighted by molar-refractivity contribution is 0.185. The summed E-state index contributed by atoms with van der Waals surface area (Å²) in [6, 6.07) is 15.1. The quantitative estimate of drug-likeness (QED) is 0.840. The van der Waals surface area contributed by atoms with Gasteiger partial charge in [0.05, 0.1) is 13.2 Å². The van der Waals surface area contributed by atoms with E-state index >= 15 is 0 Å². The van der Waals surface area contributed by atoms with Crippen molar-refractivity contribution in [2.24, 2.45) is 5.92 Å². The molecule has 2 amide bonds. The molecule has 0 saturated heterocycles. The summed E-state index contributed by atoms with van der Waals surface area (Å²) in [4.78, 5) is 13.8. The molecule has 26 heavy (non-hydrogen) atoms. The summed E-state index contributed by atoms with van der Waals surface area (Å²) >= 11 is 5.92. The number of hydrogen-bond donors (Lipinski definition) is 1. The number of carbonyl (C=O) groups excluding carboxylic acids is 1. The molecule has 0 spiro atoms. The summed E-state index contributed by atoms with van der Waals surface area (Å²) in [5.41, 5.74) is 1.20. The highest BCUT2D eigenvalue weighted by Gasteiger charge is 2.20. The number of amides is 2. The van der Waals surface area contributed by atoms with E-state index in [9.17, 15) is 4.79 Å². The Balaban J connectivity index is 1.38. The number of fused-ring (bicyclic) bond motifs is 1. The largest absolute Gasteiger partial charge is 0.493 e. The van der Waals surface area contributed by atoms with E-state index in [0.29, 0.717) is 37.1 Å². The van der Waals surface area contributed by atoms with Gasteiger partial charge in [0.1, 0.15) is 18.1 Å². The molecular formula is C20H23ClN2O3. The summed E-state index contributed by atoms with van der Waals surface area (Å²) in [5, 5.41) is 3.60. The van der Waals surface area contributed by atoms with Gasteiger partial charge < -0.3 is 19.7 Å². The number of nitrogens with one attached hydrogen (secondary N) is 1. The third-order valence-electron chi connectivity index (χ3n) is 4.34. The molecule has 1 N–H and O–H groups in total. The van der Waals surface area contributed by atoms with Gasteiger partial charge in [0.25, 0.3) is 0 Å². The second-order valence-electron chi connectivity index (χ2n) is 6.40. The summed E-state index contributed by atoms with van der Waals surface area (Å²) < 4.78 is 11.4. The van der Waals surface area contributed by atoms with Crippen molar-refractivity contribution in [3.8, 4) is 11.5 Å². The molecule has 2 aromatic rings. The molecule has 1 aliphatic rings. The van der Waals surface area contributed by atoms with Gasteiger partial charge in [0.15, 0.2) is 0 Å². The van der Waals surface area contributed by atoms with Gasteiger partial charge in [0, 0.05) is 24.5 Å². The first-order valence-corrected chi connectivity index (χ1v) is 9.07. The van der Waals surface area contributed by atoms with E-state index in [1.165, 1.54) is 5.56 Å². The minimum absolute atomic E-state index is 0.112. The van der Waals surface area contributed by atoms with Gasteiger partial charge in [-0.05, 0) is 36.2 Å². The average Bonchev–Trinajstić information content (AvgIpc) is 2.66. The maximum Gasteiger partial charge on any atom is 0.317 e. The maximum atomic E-state index is 12.2. The molecule has 1 aliphatic heterocycles. The molecule has 5 nitrogen and oxygen atoms in total. The zero-order chi connectivity index (χ0) is 18.4. The molecule has 0 aliphatic carbocycles. The number of para-hydroxylation sites is 1. The predicted octanol–water partition coefficient (Wildman–Crippen LogP) is 3.61. The van der Waals surface area contributed by atoms with Crippen LogP contribution in [0.5, 0.6) is 11.5 Å². The van der Waals surface area contributed by atoms with E-state index in [4.69, 9.17) is 21.1 Å². The van der Waals surface area contributed by atoms with E-state index in [-0.39, 0.29) is 11.9 Å². The molecule has 1 atom stereocenters. The van der Waals surface area contributed by atoms with Crippen LogP contribution in [0.25, 0.3) is 0 Å². The van der Waals surface area contributed by atoms with Crippen LogP contribution in [0, 0.1) is 5.92 Å². The van der Waals surface area contributed by atoms with Gasteiger partial charge in [-0.3, -0.25) is 0 Å². The highest BCUT2D eigenvalue weighted by Crippen LogP contribution is 2.26. The second kappa shape index (κ2) is 8.81. The first-order chi connectivity index (χ1) is 12.6. The Labute approximate surface area is 158 Å². The Hall–Kier alpha value is -2.40. The van der Waals surface area contributed by atoms with Crippen LogP contribution in [-0.4, -0.2) is 44.3 Å². The van der Waals surface area contributed by atoms with E-state index in [1.807, 2.05) is 30.3 Å². The number of ether oxygens (including phenoxy) is 2. The van der Waals surface area contributed by atoms with Crippen LogP contribution in [0.15, 0.2) is 48.5 Å². The molecule has 1 unspecified atom stereocenters. The van der Waals surface area contributed by atoms with E-state index in [0.717, 1.165) is 12.2 Å². The molecule has 2 aromatic carbocycles. The van der Waals surface area contributed by atoms with Gasteiger partial charge in [-0.25, -0.2) is 4.79 Å². The van der Waals surface area contributed by atoms with Crippen LogP contribution in [0.1, 0.15) is 5.56 Å².